The fraction of sp³-hybridized carbons (Fsp3) is 0.182. The molecule has 2 N–H and O–H groups in total. The lowest BCUT2D eigenvalue weighted by Gasteiger charge is -2.08. The van der Waals surface area contributed by atoms with Crippen molar-refractivity contribution in [2.75, 3.05) is 18.4 Å². The van der Waals surface area contributed by atoms with Crippen molar-refractivity contribution in [3.8, 4) is 0 Å². The Hall–Kier alpha value is -3.21. The summed E-state index contributed by atoms with van der Waals surface area (Å²) in [7, 11) is 0. The van der Waals surface area contributed by atoms with Gasteiger partial charge in [0.2, 0.25) is 0 Å². The number of pyridine rings is 1. The van der Waals surface area contributed by atoms with Gasteiger partial charge >= 0.3 is 0 Å². The first-order valence-electron chi connectivity index (χ1n) is 8.97. The molecule has 3 rings (SSSR count). The maximum absolute atomic E-state index is 12.9. The average molecular weight is 363 g/mol. The molecule has 0 saturated carbocycles. The molecule has 0 bridgehead atoms. The van der Waals surface area contributed by atoms with Gasteiger partial charge in [0, 0.05) is 19.3 Å². The van der Waals surface area contributed by atoms with Crippen LogP contribution in [0.4, 0.5) is 10.2 Å². The number of carbonyl (C=O) groups is 1. The van der Waals surface area contributed by atoms with Crippen LogP contribution in [0.1, 0.15) is 21.5 Å². The first kappa shape index (κ1) is 18.6. The van der Waals surface area contributed by atoms with Crippen LogP contribution in [0.3, 0.4) is 0 Å². The predicted molar refractivity (Wildman–Crippen MR) is 105 cm³/mol. The minimum atomic E-state index is -0.231. The summed E-state index contributed by atoms with van der Waals surface area (Å²) in [6, 6.07) is 20.0. The molecule has 5 heteroatoms. The van der Waals surface area contributed by atoms with Gasteiger partial charge in [-0.15, -0.1) is 0 Å². The Kier molecular flexibility index (Phi) is 6.52. The van der Waals surface area contributed by atoms with Gasteiger partial charge in [-0.3, -0.25) is 4.79 Å². The standard InChI is InChI=1S/C22H22FN3O/c23-20-9-6-18(7-10-20)12-14-24-21-11-8-19(16-26-21)22(27)25-15-13-17-4-2-1-3-5-17/h1-11,16H,12-15H2,(H,24,26)(H,25,27). The number of anilines is 1. The summed E-state index contributed by atoms with van der Waals surface area (Å²) in [5.74, 6) is 0.347. The molecule has 0 spiro atoms. The average Bonchev–Trinajstić information content (AvgIpc) is 2.71. The Labute approximate surface area is 158 Å². The van der Waals surface area contributed by atoms with E-state index >= 15 is 0 Å². The molecular weight excluding hydrogens is 341 g/mol. The third-order valence-electron chi connectivity index (χ3n) is 4.20. The van der Waals surface area contributed by atoms with Gasteiger partial charge in [0.05, 0.1) is 5.56 Å². The molecule has 27 heavy (non-hydrogen) atoms. The minimum Gasteiger partial charge on any atom is -0.370 e. The van der Waals surface area contributed by atoms with E-state index in [1.165, 1.54) is 17.7 Å². The van der Waals surface area contributed by atoms with Crippen molar-refractivity contribution < 1.29 is 9.18 Å². The molecule has 4 nitrogen and oxygen atoms in total. The Bertz CT molecular complexity index is 849. The predicted octanol–water partition coefficient (Wildman–Crippen LogP) is 3.85. The maximum atomic E-state index is 12.9. The first-order valence-corrected chi connectivity index (χ1v) is 8.97. The van der Waals surface area contributed by atoms with Crippen molar-refractivity contribution in [3.05, 3.63) is 95.4 Å². The second-order valence-corrected chi connectivity index (χ2v) is 6.23. The highest BCUT2D eigenvalue weighted by atomic mass is 19.1. The fourth-order valence-electron chi connectivity index (χ4n) is 2.69. The van der Waals surface area contributed by atoms with Gasteiger partial charge in [-0.25, -0.2) is 9.37 Å². The molecule has 138 valence electrons. The second kappa shape index (κ2) is 9.48. The Balaban J connectivity index is 1.42. The van der Waals surface area contributed by atoms with Gasteiger partial charge in [-0.1, -0.05) is 42.5 Å². The van der Waals surface area contributed by atoms with Crippen LogP contribution in [0.5, 0.6) is 0 Å². The van der Waals surface area contributed by atoms with Crippen LogP contribution in [-0.2, 0) is 12.8 Å². The lowest BCUT2D eigenvalue weighted by molar-refractivity contribution is 0.0954. The van der Waals surface area contributed by atoms with Crippen LogP contribution in [0.2, 0.25) is 0 Å². The minimum absolute atomic E-state index is 0.128. The Morgan fingerprint density at radius 1 is 0.852 bits per heavy atom. The number of rotatable bonds is 8. The lowest BCUT2D eigenvalue weighted by Crippen LogP contribution is -2.25. The summed E-state index contributed by atoms with van der Waals surface area (Å²) >= 11 is 0. The highest BCUT2D eigenvalue weighted by molar-refractivity contribution is 5.94. The van der Waals surface area contributed by atoms with Crippen LogP contribution in [0.15, 0.2) is 72.9 Å². The number of carbonyl (C=O) groups excluding carboxylic acids is 1. The summed E-state index contributed by atoms with van der Waals surface area (Å²) in [6.07, 6.45) is 3.13. The zero-order valence-electron chi connectivity index (χ0n) is 15.0. The largest absolute Gasteiger partial charge is 0.370 e. The second-order valence-electron chi connectivity index (χ2n) is 6.23. The molecule has 1 amide bonds. The van der Waals surface area contributed by atoms with Crippen molar-refractivity contribution in [2.45, 2.75) is 12.8 Å². The number of amides is 1. The van der Waals surface area contributed by atoms with E-state index in [-0.39, 0.29) is 11.7 Å². The van der Waals surface area contributed by atoms with E-state index < -0.39 is 0 Å². The molecule has 2 aromatic carbocycles. The first-order chi connectivity index (χ1) is 13.2. The Morgan fingerprint density at radius 3 is 2.26 bits per heavy atom. The quantitative estimate of drug-likeness (QED) is 0.639. The number of halogens is 1. The summed E-state index contributed by atoms with van der Waals surface area (Å²) in [6.45, 7) is 1.27. The SMILES string of the molecule is O=C(NCCc1ccccc1)c1ccc(NCCc2ccc(F)cc2)nc1. The lowest BCUT2D eigenvalue weighted by atomic mass is 10.1. The van der Waals surface area contributed by atoms with Crippen molar-refractivity contribution in [2.24, 2.45) is 0 Å². The van der Waals surface area contributed by atoms with E-state index in [9.17, 15) is 9.18 Å². The zero-order chi connectivity index (χ0) is 18.9. The summed E-state index contributed by atoms with van der Waals surface area (Å²) in [5.41, 5.74) is 2.78. The number of hydrogen-bond acceptors (Lipinski definition) is 3. The van der Waals surface area contributed by atoms with E-state index in [1.54, 1.807) is 30.5 Å². The molecule has 0 aliphatic rings. The van der Waals surface area contributed by atoms with Crippen LogP contribution in [0, 0.1) is 5.82 Å². The summed E-state index contributed by atoms with van der Waals surface area (Å²) in [4.78, 5) is 16.4. The van der Waals surface area contributed by atoms with Gasteiger partial charge in [0.15, 0.2) is 0 Å². The van der Waals surface area contributed by atoms with E-state index in [4.69, 9.17) is 0 Å². The van der Waals surface area contributed by atoms with Gasteiger partial charge in [0.25, 0.3) is 5.91 Å². The van der Waals surface area contributed by atoms with Gasteiger partial charge in [0.1, 0.15) is 11.6 Å². The summed E-state index contributed by atoms with van der Waals surface area (Å²) < 4.78 is 12.9. The van der Waals surface area contributed by atoms with Gasteiger partial charge in [-0.2, -0.15) is 0 Å². The molecule has 3 aromatic rings. The van der Waals surface area contributed by atoms with Crippen molar-refractivity contribution in [3.63, 3.8) is 0 Å². The van der Waals surface area contributed by atoms with Crippen LogP contribution < -0.4 is 10.6 Å². The van der Waals surface area contributed by atoms with E-state index in [0.717, 1.165) is 18.4 Å². The van der Waals surface area contributed by atoms with Crippen molar-refractivity contribution in [1.82, 2.24) is 10.3 Å². The number of benzene rings is 2. The molecule has 0 aliphatic carbocycles. The normalized spacial score (nSPS) is 10.4. The number of nitrogens with one attached hydrogen (secondary N) is 2. The van der Waals surface area contributed by atoms with E-state index in [0.29, 0.717) is 24.5 Å². The van der Waals surface area contributed by atoms with Crippen LogP contribution in [0.25, 0.3) is 0 Å². The third-order valence-corrected chi connectivity index (χ3v) is 4.20. The summed E-state index contributed by atoms with van der Waals surface area (Å²) in [5, 5.41) is 6.11. The highest BCUT2D eigenvalue weighted by Crippen LogP contribution is 2.07. The van der Waals surface area contributed by atoms with Crippen LogP contribution in [-0.4, -0.2) is 24.0 Å². The van der Waals surface area contributed by atoms with Crippen molar-refractivity contribution >= 4 is 11.7 Å². The molecule has 0 atom stereocenters. The maximum Gasteiger partial charge on any atom is 0.252 e. The van der Waals surface area contributed by atoms with Crippen LogP contribution >= 0.6 is 0 Å². The third kappa shape index (κ3) is 5.92. The number of nitrogens with zero attached hydrogens (tertiary/aromatic N) is 1. The monoisotopic (exact) mass is 363 g/mol. The molecule has 0 saturated heterocycles. The molecule has 0 unspecified atom stereocenters. The number of aromatic nitrogens is 1. The number of hydrogen-bond donors (Lipinski definition) is 2. The molecular formula is C22H22FN3O. The molecule has 0 aliphatic heterocycles. The van der Waals surface area contributed by atoms with Gasteiger partial charge < -0.3 is 10.6 Å². The fourth-order valence-corrected chi connectivity index (χ4v) is 2.69. The Morgan fingerprint density at radius 2 is 1.56 bits per heavy atom. The highest BCUT2D eigenvalue weighted by Gasteiger charge is 2.05. The van der Waals surface area contributed by atoms with E-state index in [2.05, 4.69) is 15.6 Å². The van der Waals surface area contributed by atoms with E-state index in [1.807, 2.05) is 30.3 Å². The van der Waals surface area contributed by atoms with Gasteiger partial charge in [-0.05, 0) is 48.2 Å². The smallest absolute Gasteiger partial charge is 0.252 e. The molecule has 1 heterocycles. The topological polar surface area (TPSA) is 54.0 Å². The molecule has 0 fully saturated rings. The van der Waals surface area contributed by atoms with Crippen molar-refractivity contribution in [1.29, 1.82) is 0 Å². The molecule has 1 aromatic heterocycles. The zero-order valence-corrected chi connectivity index (χ0v) is 15.0. The molecule has 0 radical (unpaired) electrons.